The lowest BCUT2D eigenvalue weighted by atomic mass is 10.1. The molecule has 1 atom stereocenters. The van der Waals surface area contributed by atoms with Crippen LogP contribution < -0.4 is 5.32 Å². The number of hydrogen-bond donors (Lipinski definition) is 2. The zero-order valence-corrected chi connectivity index (χ0v) is 12.8. The molecule has 20 heavy (non-hydrogen) atoms. The van der Waals surface area contributed by atoms with Crippen molar-refractivity contribution < 1.29 is 14.6 Å². The molecule has 1 aromatic heterocycles. The van der Waals surface area contributed by atoms with Gasteiger partial charge in [0.1, 0.15) is 0 Å². The Morgan fingerprint density at radius 2 is 2.35 bits per heavy atom. The van der Waals surface area contributed by atoms with E-state index >= 15 is 0 Å². The second-order valence-electron chi connectivity index (χ2n) is 5.13. The zero-order chi connectivity index (χ0) is 14.2. The lowest BCUT2D eigenvalue weighted by Gasteiger charge is -2.24. The molecule has 2 N–H and O–H groups in total. The van der Waals surface area contributed by atoms with Gasteiger partial charge in [0.2, 0.25) is 0 Å². The van der Waals surface area contributed by atoms with Crippen LogP contribution in [0.15, 0.2) is 5.51 Å². The number of aryl methyl sites for hydroxylation is 1. The van der Waals surface area contributed by atoms with Crippen molar-refractivity contribution in [2.75, 3.05) is 33.0 Å². The molecule has 1 aromatic rings. The van der Waals surface area contributed by atoms with Crippen LogP contribution in [0.25, 0.3) is 0 Å². The summed E-state index contributed by atoms with van der Waals surface area (Å²) in [7, 11) is 0. The predicted octanol–water partition coefficient (Wildman–Crippen LogP) is 1.14. The summed E-state index contributed by atoms with van der Waals surface area (Å²) in [6.45, 7) is 5.26. The number of ether oxygens (including phenoxy) is 2. The molecule has 0 spiro atoms. The minimum Gasteiger partial charge on any atom is -0.389 e. The van der Waals surface area contributed by atoms with Gasteiger partial charge in [-0.3, -0.25) is 0 Å². The molecule has 5 nitrogen and oxygen atoms in total. The monoisotopic (exact) mass is 300 g/mol. The number of aliphatic hydroxyl groups excluding tert-OH is 1. The van der Waals surface area contributed by atoms with Crippen LogP contribution >= 0.6 is 11.3 Å². The average molecular weight is 300 g/mol. The van der Waals surface area contributed by atoms with E-state index in [9.17, 15) is 5.11 Å². The van der Waals surface area contributed by atoms with Crippen molar-refractivity contribution in [2.45, 2.75) is 38.3 Å². The standard InChI is InChI=1S/C14H24N2O3S/c1-11-14(20-10-16-11)4-7-19-9-13(17)8-15-12-2-5-18-6-3-12/h10,12-13,15,17H,2-9H2,1H3. The average Bonchev–Trinajstić information content (AvgIpc) is 2.88. The third-order valence-corrected chi connectivity index (χ3v) is 4.49. The number of nitrogens with one attached hydrogen (secondary N) is 1. The van der Waals surface area contributed by atoms with Crippen molar-refractivity contribution in [3.63, 3.8) is 0 Å². The molecule has 0 saturated carbocycles. The Kier molecular flexibility index (Phi) is 6.89. The maximum atomic E-state index is 9.86. The SMILES string of the molecule is Cc1ncsc1CCOCC(O)CNC1CCOCC1. The molecule has 2 rings (SSSR count). The fourth-order valence-electron chi connectivity index (χ4n) is 2.21. The number of aromatic nitrogens is 1. The van der Waals surface area contributed by atoms with Gasteiger partial charge in [0, 0.05) is 37.1 Å². The van der Waals surface area contributed by atoms with E-state index in [4.69, 9.17) is 9.47 Å². The molecule has 6 heteroatoms. The highest BCUT2D eigenvalue weighted by Gasteiger charge is 2.14. The first-order valence-corrected chi connectivity index (χ1v) is 8.09. The van der Waals surface area contributed by atoms with E-state index in [-0.39, 0.29) is 0 Å². The first kappa shape index (κ1) is 15.9. The Bertz CT molecular complexity index is 380. The topological polar surface area (TPSA) is 63.6 Å². The molecule has 2 heterocycles. The van der Waals surface area contributed by atoms with Gasteiger partial charge >= 0.3 is 0 Å². The summed E-state index contributed by atoms with van der Waals surface area (Å²) in [5.41, 5.74) is 2.94. The maximum Gasteiger partial charge on any atom is 0.0897 e. The number of aliphatic hydroxyl groups is 1. The van der Waals surface area contributed by atoms with Crippen molar-refractivity contribution in [2.24, 2.45) is 0 Å². The van der Waals surface area contributed by atoms with Crippen LogP contribution in [-0.4, -0.2) is 55.2 Å². The lowest BCUT2D eigenvalue weighted by molar-refractivity contribution is 0.0310. The van der Waals surface area contributed by atoms with Crippen LogP contribution in [-0.2, 0) is 15.9 Å². The van der Waals surface area contributed by atoms with Gasteiger partial charge in [-0.15, -0.1) is 11.3 Å². The third-order valence-electron chi connectivity index (χ3n) is 3.49. The van der Waals surface area contributed by atoms with Crippen LogP contribution in [0.3, 0.4) is 0 Å². The highest BCUT2D eigenvalue weighted by atomic mass is 32.1. The first-order chi connectivity index (χ1) is 9.75. The number of nitrogens with zero attached hydrogens (tertiary/aromatic N) is 1. The predicted molar refractivity (Wildman–Crippen MR) is 79.2 cm³/mol. The van der Waals surface area contributed by atoms with E-state index in [1.54, 1.807) is 11.3 Å². The van der Waals surface area contributed by atoms with E-state index in [2.05, 4.69) is 10.3 Å². The van der Waals surface area contributed by atoms with Crippen LogP contribution in [0.5, 0.6) is 0 Å². The number of thiazole rings is 1. The highest BCUT2D eigenvalue weighted by molar-refractivity contribution is 7.09. The Morgan fingerprint density at radius 1 is 1.55 bits per heavy atom. The minimum atomic E-state index is -0.444. The molecule has 0 amide bonds. The molecular weight excluding hydrogens is 276 g/mol. The van der Waals surface area contributed by atoms with Crippen LogP contribution in [0.2, 0.25) is 0 Å². The van der Waals surface area contributed by atoms with Crippen molar-refractivity contribution >= 4 is 11.3 Å². The van der Waals surface area contributed by atoms with E-state index in [0.717, 1.165) is 38.2 Å². The molecule has 0 radical (unpaired) electrons. The summed E-state index contributed by atoms with van der Waals surface area (Å²) in [6.07, 6.45) is 2.48. The molecule has 0 aliphatic carbocycles. The fourth-order valence-corrected chi connectivity index (χ4v) is 2.98. The van der Waals surface area contributed by atoms with Crippen molar-refractivity contribution in [3.8, 4) is 0 Å². The Hall–Kier alpha value is -0.530. The summed E-state index contributed by atoms with van der Waals surface area (Å²) in [4.78, 5) is 5.47. The maximum absolute atomic E-state index is 9.86. The molecule has 0 bridgehead atoms. The smallest absolute Gasteiger partial charge is 0.0897 e. The minimum absolute atomic E-state index is 0.383. The van der Waals surface area contributed by atoms with Gasteiger partial charge in [0.05, 0.1) is 30.5 Å². The van der Waals surface area contributed by atoms with Gasteiger partial charge in [-0.05, 0) is 19.8 Å². The molecule has 0 aromatic carbocycles. The Balaban J connectivity index is 1.51. The van der Waals surface area contributed by atoms with Gasteiger partial charge in [0.15, 0.2) is 0 Å². The fraction of sp³-hybridized carbons (Fsp3) is 0.786. The molecule has 1 aliphatic rings. The largest absolute Gasteiger partial charge is 0.389 e. The lowest BCUT2D eigenvalue weighted by Crippen LogP contribution is -2.40. The van der Waals surface area contributed by atoms with Crippen molar-refractivity contribution in [1.82, 2.24) is 10.3 Å². The van der Waals surface area contributed by atoms with Crippen LogP contribution in [0.1, 0.15) is 23.4 Å². The second-order valence-corrected chi connectivity index (χ2v) is 6.07. The van der Waals surface area contributed by atoms with E-state index in [0.29, 0.717) is 25.8 Å². The van der Waals surface area contributed by atoms with Gasteiger partial charge in [-0.25, -0.2) is 4.98 Å². The van der Waals surface area contributed by atoms with Crippen molar-refractivity contribution in [1.29, 1.82) is 0 Å². The van der Waals surface area contributed by atoms with E-state index < -0.39 is 6.10 Å². The van der Waals surface area contributed by atoms with E-state index in [1.807, 2.05) is 12.4 Å². The van der Waals surface area contributed by atoms with Crippen LogP contribution in [0, 0.1) is 6.92 Å². The second kappa shape index (κ2) is 8.69. The normalized spacial score (nSPS) is 18.3. The van der Waals surface area contributed by atoms with Crippen LogP contribution in [0.4, 0.5) is 0 Å². The summed E-state index contributed by atoms with van der Waals surface area (Å²) in [5.74, 6) is 0. The number of hydrogen-bond acceptors (Lipinski definition) is 6. The zero-order valence-electron chi connectivity index (χ0n) is 12.0. The van der Waals surface area contributed by atoms with E-state index in [1.165, 1.54) is 4.88 Å². The molecule has 114 valence electrons. The molecule has 1 fully saturated rings. The highest BCUT2D eigenvalue weighted by Crippen LogP contribution is 2.12. The summed E-state index contributed by atoms with van der Waals surface area (Å²) >= 11 is 1.66. The Labute approximate surface area is 124 Å². The summed E-state index contributed by atoms with van der Waals surface area (Å²) in [5, 5.41) is 13.2. The van der Waals surface area contributed by atoms with Gasteiger partial charge in [0.25, 0.3) is 0 Å². The first-order valence-electron chi connectivity index (χ1n) is 7.21. The molecule has 1 saturated heterocycles. The summed E-state index contributed by atoms with van der Waals surface area (Å²) < 4.78 is 10.8. The quantitative estimate of drug-likeness (QED) is 0.705. The summed E-state index contributed by atoms with van der Waals surface area (Å²) in [6, 6.07) is 0.471. The molecule has 1 unspecified atom stereocenters. The van der Waals surface area contributed by atoms with Gasteiger partial charge in [-0.2, -0.15) is 0 Å². The molecular formula is C14H24N2O3S. The van der Waals surface area contributed by atoms with Gasteiger partial charge < -0.3 is 19.9 Å². The number of rotatable bonds is 8. The third kappa shape index (κ3) is 5.46. The molecule has 1 aliphatic heterocycles. The Morgan fingerprint density at radius 3 is 3.05 bits per heavy atom. The van der Waals surface area contributed by atoms with Crippen molar-refractivity contribution in [3.05, 3.63) is 16.1 Å². The van der Waals surface area contributed by atoms with Gasteiger partial charge in [-0.1, -0.05) is 0 Å².